The van der Waals surface area contributed by atoms with Gasteiger partial charge in [0.2, 0.25) is 5.91 Å². The molecule has 1 N–H and O–H groups in total. The fourth-order valence-corrected chi connectivity index (χ4v) is 2.31. The number of ether oxygens (including phenoxy) is 2. The minimum Gasteiger partial charge on any atom is -0.489 e. The first-order valence-corrected chi connectivity index (χ1v) is 7.46. The average molecular weight is 295 g/mol. The Hall–Kier alpha value is -1.62. The topological polar surface area (TPSA) is 47.6 Å². The highest BCUT2D eigenvalue weighted by atomic mass is 19.1. The van der Waals surface area contributed by atoms with Gasteiger partial charge in [0.25, 0.3) is 0 Å². The molecule has 1 aromatic rings. The van der Waals surface area contributed by atoms with E-state index in [1.807, 2.05) is 6.92 Å². The third-order valence-electron chi connectivity index (χ3n) is 3.59. The summed E-state index contributed by atoms with van der Waals surface area (Å²) in [6.07, 6.45) is 2.36. The van der Waals surface area contributed by atoms with E-state index in [2.05, 4.69) is 5.32 Å². The summed E-state index contributed by atoms with van der Waals surface area (Å²) in [6.45, 7) is 3.62. The maximum Gasteiger partial charge on any atom is 0.225 e. The number of carbonyl (C=O) groups is 1. The fraction of sp³-hybridized carbons (Fsp3) is 0.562. The van der Waals surface area contributed by atoms with Gasteiger partial charge in [0.05, 0.1) is 19.1 Å². The fourth-order valence-electron chi connectivity index (χ4n) is 2.31. The zero-order valence-electron chi connectivity index (χ0n) is 12.3. The van der Waals surface area contributed by atoms with Gasteiger partial charge < -0.3 is 14.8 Å². The Labute approximate surface area is 124 Å². The van der Waals surface area contributed by atoms with Gasteiger partial charge in [-0.1, -0.05) is 13.0 Å². The summed E-state index contributed by atoms with van der Waals surface area (Å²) in [5.41, 5.74) is 0. The summed E-state index contributed by atoms with van der Waals surface area (Å²) in [6, 6.07) is 6.04. The first-order chi connectivity index (χ1) is 10.2. The summed E-state index contributed by atoms with van der Waals surface area (Å²) in [5, 5.41) is 2.90. The van der Waals surface area contributed by atoms with Crippen molar-refractivity contribution in [2.45, 2.75) is 32.3 Å². The Bertz CT molecular complexity index is 461. The first kappa shape index (κ1) is 15.8. The summed E-state index contributed by atoms with van der Waals surface area (Å²) in [5.74, 6) is 0.101. The van der Waals surface area contributed by atoms with Gasteiger partial charge in [-0.25, -0.2) is 4.39 Å². The van der Waals surface area contributed by atoms with E-state index >= 15 is 0 Å². The van der Waals surface area contributed by atoms with Crippen LogP contribution in [0.5, 0.6) is 5.75 Å². The van der Waals surface area contributed by atoms with Gasteiger partial charge in [-0.15, -0.1) is 0 Å². The smallest absolute Gasteiger partial charge is 0.225 e. The van der Waals surface area contributed by atoms with Gasteiger partial charge >= 0.3 is 0 Å². The van der Waals surface area contributed by atoms with Crippen molar-refractivity contribution < 1.29 is 18.7 Å². The molecule has 1 heterocycles. The summed E-state index contributed by atoms with van der Waals surface area (Å²) >= 11 is 0. The van der Waals surface area contributed by atoms with Crippen molar-refractivity contribution in [3.05, 3.63) is 30.1 Å². The van der Waals surface area contributed by atoms with E-state index in [4.69, 9.17) is 9.47 Å². The van der Waals surface area contributed by atoms with Crippen molar-refractivity contribution in [1.82, 2.24) is 5.32 Å². The molecule has 116 valence electrons. The molecule has 1 saturated heterocycles. The highest BCUT2D eigenvalue weighted by Gasteiger charge is 2.22. The lowest BCUT2D eigenvalue weighted by Crippen LogP contribution is -2.40. The van der Waals surface area contributed by atoms with E-state index in [-0.39, 0.29) is 23.7 Å². The molecule has 0 saturated carbocycles. The van der Waals surface area contributed by atoms with Crippen LogP contribution in [0.2, 0.25) is 0 Å². The van der Waals surface area contributed by atoms with Gasteiger partial charge in [-0.2, -0.15) is 0 Å². The van der Waals surface area contributed by atoms with Crippen molar-refractivity contribution in [3.63, 3.8) is 0 Å². The van der Waals surface area contributed by atoms with E-state index < -0.39 is 0 Å². The monoisotopic (exact) mass is 295 g/mol. The van der Waals surface area contributed by atoms with Crippen LogP contribution in [0.1, 0.15) is 26.2 Å². The number of carbonyl (C=O) groups excluding carboxylic acids is 1. The molecule has 1 fully saturated rings. The number of halogens is 1. The van der Waals surface area contributed by atoms with Crippen molar-refractivity contribution in [1.29, 1.82) is 0 Å². The van der Waals surface area contributed by atoms with Crippen molar-refractivity contribution in [2.75, 3.05) is 19.8 Å². The largest absolute Gasteiger partial charge is 0.489 e. The van der Waals surface area contributed by atoms with Gasteiger partial charge in [0, 0.05) is 12.7 Å². The number of benzene rings is 1. The Kier molecular flexibility index (Phi) is 5.99. The SMILES string of the molecule is CC[C@@H](CNC(=O)[C@@H]1CCCOC1)Oc1cccc(F)c1. The Balaban J connectivity index is 1.80. The summed E-state index contributed by atoms with van der Waals surface area (Å²) in [4.78, 5) is 12.0. The minimum atomic E-state index is -0.328. The highest BCUT2D eigenvalue weighted by Crippen LogP contribution is 2.16. The molecule has 0 aromatic heterocycles. The molecule has 1 aliphatic rings. The number of hydrogen-bond donors (Lipinski definition) is 1. The van der Waals surface area contributed by atoms with E-state index in [9.17, 15) is 9.18 Å². The van der Waals surface area contributed by atoms with Gasteiger partial charge in [0.15, 0.2) is 0 Å². The molecule has 5 heteroatoms. The quantitative estimate of drug-likeness (QED) is 0.877. The van der Waals surface area contributed by atoms with Crippen LogP contribution in [0.4, 0.5) is 4.39 Å². The van der Waals surface area contributed by atoms with Crippen LogP contribution in [0.3, 0.4) is 0 Å². The summed E-state index contributed by atoms with van der Waals surface area (Å²) in [7, 11) is 0. The van der Waals surface area contributed by atoms with Crippen LogP contribution < -0.4 is 10.1 Å². The van der Waals surface area contributed by atoms with Crippen molar-refractivity contribution in [3.8, 4) is 5.75 Å². The van der Waals surface area contributed by atoms with Crippen molar-refractivity contribution in [2.24, 2.45) is 5.92 Å². The zero-order chi connectivity index (χ0) is 15.1. The lowest BCUT2D eigenvalue weighted by molar-refractivity contribution is -0.129. The molecule has 4 nitrogen and oxygen atoms in total. The predicted octanol–water partition coefficient (Wildman–Crippen LogP) is 2.53. The van der Waals surface area contributed by atoms with Crippen LogP contribution >= 0.6 is 0 Å². The number of hydrogen-bond acceptors (Lipinski definition) is 3. The van der Waals surface area contributed by atoms with E-state index in [1.54, 1.807) is 12.1 Å². The second kappa shape index (κ2) is 7.98. The lowest BCUT2D eigenvalue weighted by Gasteiger charge is -2.23. The first-order valence-electron chi connectivity index (χ1n) is 7.46. The van der Waals surface area contributed by atoms with Gasteiger partial charge in [-0.05, 0) is 31.4 Å². The average Bonchev–Trinajstić information content (AvgIpc) is 2.52. The Morgan fingerprint density at radius 3 is 3.10 bits per heavy atom. The Morgan fingerprint density at radius 2 is 2.43 bits per heavy atom. The second-order valence-corrected chi connectivity index (χ2v) is 5.26. The molecule has 2 rings (SSSR count). The zero-order valence-corrected chi connectivity index (χ0v) is 12.3. The third kappa shape index (κ3) is 5.01. The normalized spacial score (nSPS) is 19.8. The maximum atomic E-state index is 13.1. The van der Waals surface area contributed by atoms with Crippen LogP contribution in [-0.2, 0) is 9.53 Å². The molecule has 0 bridgehead atoms. The second-order valence-electron chi connectivity index (χ2n) is 5.26. The van der Waals surface area contributed by atoms with Crippen LogP contribution in [-0.4, -0.2) is 31.8 Å². The number of nitrogens with one attached hydrogen (secondary N) is 1. The van der Waals surface area contributed by atoms with Crippen LogP contribution in [0.15, 0.2) is 24.3 Å². The minimum absolute atomic E-state index is 0.0102. The molecule has 0 radical (unpaired) electrons. The molecule has 1 aliphatic heterocycles. The highest BCUT2D eigenvalue weighted by molar-refractivity contribution is 5.78. The molecule has 2 atom stereocenters. The van der Waals surface area contributed by atoms with Gasteiger partial charge in [0.1, 0.15) is 17.7 Å². The molecule has 1 amide bonds. The molecule has 0 spiro atoms. The molecular formula is C16H22FNO3. The van der Waals surface area contributed by atoms with E-state index in [0.717, 1.165) is 25.9 Å². The van der Waals surface area contributed by atoms with E-state index in [1.165, 1.54) is 12.1 Å². The van der Waals surface area contributed by atoms with Crippen LogP contribution in [0.25, 0.3) is 0 Å². The van der Waals surface area contributed by atoms with E-state index in [0.29, 0.717) is 18.9 Å². The molecule has 1 aromatic carbocycles. The predicted molar refractivity (Wildman–Crippen MR) is 77.7 cm³/mol. The number of rotatable bonds is 6. The summed E-state index contributed by atoms with van der Waals surface area (Å²) < 4.78 is 24.1. The maximum absolute atomic E-state index is 13.1. The Morgan fingerprint density at radius 1 is 1.57 bits per heavy atom. The number of amides is 1. The van der Waals surface area contributed by atoms with Crippen LogP contribution in [0, 0.1) is 11.7 Å². The standard InChI is InChI=1S/C16H22FNO3/c1-2-14(21-15-7-3-6-13(17)9-15)10-18-16(19)12-5-4-8-20-11-12/h3,6-7,9,12,14H,2,4-5,8,10-11H2,1H3,(H,18,19)/t12-,14+/m1/s1. The van der Waals surface area contributed by atoms with Gasteiger partial charge in [-0.3, -0.25) is 4.79 Å². The van der Waals surface area contributed by atoms with Crippen molar-refractivity contribution >= 4 is 5.91 Å². The molecule has 0 unspecified atom stereocenters. The third-order valence-corrected chi connectivity index (χ3v) is 3.59. The molecular weight excluding hydrogens is 273 g/mol. The molecule has 21 heavy (non-hydrogen) atoms. The molecule has 0 aliphatic carbocycles. The lowest BCUT2D eigenvalue weighted by atomic mass is 10.0.